The molecule has 1 saturated heterocycles. The Labute approximate surface area is 152 Å². The van der Waals surface area contributed by atoms with E-state index < -0.39 is 11.9 Å². The highest BCUT2D eigenvalue weighted by Gasteiger charge is 2.36. The van der Waals surface area contributed by atoms with Gasteiger partial charge in [-0.1, -0.05) is 13.8 Å². The Balaban J connectivity index is 1.86. The molecule has 0 spiro atoms. The van der Waals surface area contributed by atoms with Gasteiger partial charge in [-0.25, -0.2) is 0 Å². The molecule has 0 aliphatic carbocycles. The Morgan fingerprint density at radius 2 is 2.00 bits per heavy atom. The van der Waals surface area contributed by atoms with E-state index in [1.54, 1.807) is 7.05 Å². The summed E-state index contributed by atoms with van der Waals surface area (Å²) in [5, 5.41) is 9.81. The molecule has 2 heterocycles. The first-order chi connectivity index (χ1) is 12.2. The number of nitrogens with one attached hydrogen (secondary N) is 2. The molecule has 0 unspecified atom stereocenters. The summed E-state index contributed by atoms with van der Waals surface area (Å²) in [5.74, 6) is 1.17. The molecule has 26 heavy (non-hydrogen) atoms. The van der Waals surface area contributed by atoms with Crippen LogP contribution in [0.25, 0.3) is 0 Å². The third kappa shape index (κ3) is 5.89. The molecule has 0 aromatic carbocycles. The maximum Gasteiger partial charge on any atom is 0.435 e. The lowest BCUT2D eigenvalue weighted by molar-refractivity contribution is -0.142. The second-order valence-corrected chi connectivity index (χ2v) is 7.21. The number of aliphatic imine (C=N–C) groups is 1. The van der Waals surface area contributed by atoms with E-state index in [0.29, 0.717) is 11.9 Å². The van der Waals surface area contributed by atoms with Gasteiger partial charge in [0, 0.05) is 58.1 Å². The van der Waals surface area contributed by atoms with Gasteiger partial charge in [0.05, 0.1) is 0 Å². The van der Waals surface area contributed by atoms with Crippen LogP contribution in [0.15, 0.2) is 11.2 Å². The number of likely N-dealkylation sites (tertiary alicyclic amines) is 1. The van der Waals surface area contributed by atoms with Crippen molar-refractivity contribution in [3.05, 3.63) is 17.5 Å². The number of guanidine groups is 1. The molecule has 0 radical (unpaired) electrons. The average Bonchev–Trinajstić information content (AvgIpc) is 2.93. The van der Waals surface area contributed by atoms with Gasteiger partial charge in [0.15, 0.2) is 11.7 Å². The summed E-state index contributed by atoms with van der Waals surface area (Å²) in [4.78, 5) is 6.58. The van der Waals surface area contributed by atoms with E-state index in [4.69, 9.17) is 0 Å². The third-order valence-electron chi connectivity index (χ3n) is 4.39. The Kier molecular flexibility index (Phi) is 6.91. The fourth-order valence-corrected chi connectivity index (χ4v) is 3.25. The van der Waals surface area contributed by atoms with Crippen molar-refractivity contribution < 1.29 is 13.2 Å². The van der Waals surface area contributed by atoms with Crippen molar-refractivity contribution in [1.29, 1.82) is 0 Å². The second kappa shape index (κ2) is 8.75. The normalized spacial score (nSPS) is 17.8. The molecule has 1 aliphatic heterocycles. The highest BCUT2D eigenvalue weighted by atomic mass is 19.4. The zero-order valence-electron chi connectivity index (χ0n) is 15.9. The maximum absolute atomic E-state index is 13.0. The number of halogens is 3. The van der Waals surface area contributed by atoms with Gasteiger partial charge in [0.25, 0.3) is 0 Å². The van der Waals surface area contributed by atoms with Gasteiger partial charge in [-0.05, 0) is 18.8 Å². The van der Waals surface area contributed by atoms with Gasteiger partial charge in [-0.2, -0.15) is 18.3 Å². The number of piperidine rings is 1. The van der Waals surface area contributed by atoms with Crippen molar-refractivity contribution in [2.45, 2.75) is 45.5 Å². The Bertz CT molecular complexity index is 600. The number of aromatic nitrogens is 2. The van der Waals surface area contributed by atoms with Gasteiger partial charge in [-0.15, -0.1) is 0 Å². The standard InChI is InChI=1S/C17H29F3N6/c1-12(2)10-26-7-5-14(6-8-26)23-16(21-3)22-9-13-11-25(4)24-15(13)17(18,19)20/h11-12,14H,5-10H2,1-4H3,(H2,21,22,23). The molecule has 9 heteroatoms. The topological polar surface area (TPSA) is 57.5 Å². The van der Waals surface area contributed by atoms with Gasteiger partial charge < -0.3 is 15.5 Å². The summed E-state index contributed by atoms with van der Waals surface area (Å²) in [7, 11) is 3.11. The van der Waals surface area contributed by atoms with Crippen LogP contribution in [-0.4, -0.2) is 53.4 Å². The van der Waals surface area contributed by atoms with Crippen molar-refractivity contribution in [1.82, 2.24) is 25.3 Å². The molecule has 0 bridgehead atoms. The monoisotopic (exact) mass is 374 g/mol. The fourth-order valence-electron chi connectivity index (χ4n) is 3.25. The van der Waals surface area contributed by atoms with E-state index >= 15 is 0 Å². The largest absolute Gasteiger partial charge is 0.435 e. The molecule has 0 atom stereocenters. The number of alkyl halides is 3. The molecule has 0 saturated carbocycles. The van der Waals surface area contributed by atoms with E-state index in [9.17, 15) is 13.2 Å². The lowest BCUT2D eigenvalue weighted by atomic mass is 10.0. The first-order valence-corrected chi connectivity index (χ1v) is 8.98. The Hall–Kier alpha value is -1.77. The molecule has 6 nitrogen and oxygen atoms in total. The van der Waals surface area contributed by atoms with Crippen LogP contribution in [-0.2, 0) is 19.8 Å². The van der Waals surface area contributed by atoms with Crippen LogP contribution in [0.2, 0.25) is 0 Å². The van der Waals surface area contributed by atoms with Crippen LogP contribution >= 0.6 is 0 Å². The van der Waals surface area contributed by atoms with E-state index in [1.807, 2.05) is 0 Å². The Morgan fingerprint density at radius 3 is 2.54 bits per heavy atom. The highest BCUT2D eigenvalue weighted by Crippen LogP contribution is 2.30. The van der Waals surface area contributed by atoms with Crippen LogP contribution in [0, 0.1) is 5.92 Å². The second-order valence-electron chi connectivity index (χ2n) is 7.21. The minimum atomic E-state index is -4.46. The molecule has 1 aromatic heterocycles. The predicted molar refractivity (Wildman–Crippen MR) is 95.8 cm³/mol. The summed E-state index contributed by atoms with van der Waals surface area (Å²) in [5.41, 5.74) is -0.750. The molecule has 2 N–H and O–H groups in total. The van der Waals surface area contributed by atoms with Crippen molar-refractivity contribution in [2.75, 3.05) is 26.7 Å². The fraction of sp³-hybridized carbons (Fsp3) is 0.765. The third-order valence-corrected chi connectivity index (χ3v) is 4.39. The molecule has 1 aliphatic rings. The zero-order valence-corrected chi connectivity index (χ0v) is 15.9. The van der Waals surface area contributed by atoms with Gasteiger partial charge in [-0.3, -0.25) is 9.67 Å². The van der Waals surface area contributed by atoms with Crippen LogP contribution < -0.4 is 10.6 Å². The predicted octanol–water partition coefficient (Wildman–Crippen LogP) is 2.22. The van der Waals surface area contributed by atoms with Gasteiger partial charge in [0.2, 0.25) is 0 Å². The summed E-state index contributed by atoms with van der Waals surface area (Å²) < 4.78 is 40.2. The number of nitrogens with zero attached hydrogens (tertiary/aromatic N) is 4. The van der Waals surface area contributed by atoms with Crippen molar-refractivity contribution >= 4 is 5.96 Å². The van der Waals surface area contributed by atoms with E-state index in [2.05, 4.69) is 39.5 Å². The summed E-state index contributed by atoms with van der Waals surface area (Å²) in [6, 6.07) is 0.278. The lowest BCUT2D eigenvalue weighted by Crippen LogP contribution is -2.49. The van der Waals surface area contributed by atoms with Gasteiger partial charge in [0.1, 0.15) is 0 Å². The average molecular weight is 374 g/mol. The lowest BCUT2D eigenvalue weighted by Gasteiger charge is -2.34. The van der Waals surface area contributed by atoms with Crippen molar-refractivity contribution in [3.63, 3.8) is 0 Å². The van der Waals surface area contributed by atoms with Crippen molar-refractivity contribution in [2.24, 2.45) is 18.0 Å². The quantitative estimate of drug-likeness (QED) is 0.613. The maximum atomic E-state index is 13.0. The molecule has 0 amide bonds. The first-order valence-electron chi connectivity index (χ1n) is 8.98. The summed E-state index contributed by atoms with van der Waals surface area (Å²) in [6.07, 6.45) is -1.09. The molecule has 2 rings (SSSR count). The number of aryl methyl sites for hydroxylation is 1. The molecule has 1 fully saturated rings. The van der Waals surface area contributed by atoms with E-state index in [-0.39, 0.29) is 18.2 Å². The zero-order chi connectivity index (χ0) is 19.3. The summed E-state index contributed by atoms with van der Waals surface area (Å²) in [6.45, 7) is 7.59. The number of rotatable bonds is 5. The smallest absolute Gasteiger partial charge is 0.354 e. The minimum absolute atomic E-state index is 0.0224. The Morgan fingerprint density at radius 1 is 1.35 bits per heavy atom. The number of hydrogen-bond donors (Lipinski definition) is 2. The van der Waals surface area contributed by atoms with Gasteiger partial charge >= 0.3 is 6.18 Å². The van der Waals surface area contributed by atoms with Crippen molar-refractivity contribution in [3.8, 4) is 0 Å². The molecular formula is C17H29F3N6. The summed E-state index contributed by atoms with van der Waals surface area (Å²) >= 11 is 0. The van der Waals surface area contributed by atoms with Crippen LogP contribution in [0.3, 0.4) is 0 Å². The minimum Gasteiger partial charge on any atom is -0.354 e. The highest BCUT2D eigenvalue weighted by molar-refractivity contribution is 5.80. The molecule has 148 valence electrons. The SMILES string of the molecule is CN=C(NCc1cn(C)nc1C(F)(F)F)NC1CCN(CC(C)C)CC1. The van der Waals surface area contributed by atoms with Crippen LogP contribution in [0.5, 0.6) is 0 Å². The van der Waals surface area contributed by atoms with Crippen LogP contribution in [0.4, 0.5) is 13.2 Å². The molecular weight excluding hydrogens is 345 g/mol. The number of hydrogen-bond acceptors (Lipinski definition) is 3. The van der Waals surface area contributed by atoms with Crippen LogP contribution in [0.1, 0.15) is 37.9 Å². The first kappa shape index (κ1) is 20.5. The van der Waals surface area contributed by atoms with E-state index in [0.717, 1.165) is 32.5 Å². The van der Waals surface area contributed by atoms with E-state index in [1.165, 1.54) is 17.9 Å². The molecule has 1 aromatic rings.